The van der Waals surface area contributed by atoms with Gasteiger partial charge < -0.3 is 5.11 Å². The molecule has 0 fully saturated rings. The molecule has 0 aromatic carbocycles. The van der Waals surface area contributed by atoms with Crippen molar-refractivity contribution in [2.45, 2.75) is 20.3 Å². The van der Waals surface area contributed by atoms with Crippen LogP contribution in [0.4, 0.5) is 0 Å². The molecule has 0 heterocycles. The van der Waals surface area contributed by atoms with E-state index in [1.807, 2.05) is 0 Å². The average Bonchev–Trinajstić information content (AvgIpc) is 1.35. The van der Waals surface area contributed by atoms with E-state index in [2.05, 4.69) is 13.8 Å². The van der Waals surface area contributed by atoms with E-state index in [0.29, 0.717) is 5.92 Å². The van der Waals surface area contributed by atoms with Crippen molar-refractivity contribution in [3.05, 3.63) is 0 Å². The van der Waals surface area contributed by atoms with Gasteiger partial charge in [0.15, 0.2) is 0 Å². The van der Waals surface area contributed by atoms with Crippen LogP contribution in [0.1, 0.15) is 20.3 Å². The molecule has 0 aliphatic heterocycles. The van der Waals surface area contributed by atoms with Crippen LogP contribution in [0.3, 0.4) is 0 Å². The van der Waals surface area contributed by atoms with Gasteiger partial charge in [-0.3, -0.25) is 0 Å². The van der Waals surface area contributed by atoms with Crippen molar-refractivity contribution in [3.8, 4) is 0 Å². The van der Waals surface area contributed by atoms with Gasteiger partial charge in [0, 0.05) is 0 Å². The molecule has 0 atom stereocenters. The first-order valence-corrected chi connectivity index (χ1v) is 2.35. The second-order valence-electron chi connectivity index (χ2n) is 1.89. The fourth-order valence-corrected chi connectivity index (χ4v) is 0.236. The van der Waals surface area contributed by atoms with Crippen LogP contribution in [0, 0.1) is 5.92 Å². The Labute approximate surface area is 87.9 Å². The molecular weight excluding hydrogens is 115 g/mol. The quantitative estimate of drug-likeness (QED) is 0.372. The molecule has 0 unspecified atom stereocenters. The maximum absolute atomic E-state index is 9.74. The Morgan fingerprint density at radius 1 is 1.43 bits per heavy atom. The van der Waals surface area contributed by atoms with Gasteiger partial charge in [0.05, 0.1) is 0 Å². The number of hydrogen-bond acceptors (Lipinski definition) is 1. The first-order chi connectivity index (χ1) is 2.77. The molecule has 1 nitrogen and oxygen atoms in total. The molecule has 0 bridgehead atoms. The minimum absolute atomic E-state index is 0. The molecule has 0 saturated carbocycles. The molecule has 38 valence electrons. The summed E-state index contributed by atoms with van der Waals surface area (Å²) in [6.45, 7) is 4.19. The summed E-state index contributed by atoms with van der Waals surface area (Å²) in [5.41, 5.74) is 0. The minimum atomic E-state index is 0. The van der Waals surface area contributed by atoms with Gasteiger partial charge in [-0.1, -0.05) is 20.3 Å². The zero-order valence-electron chi connectivity index (χ0n) is 5.40. The summed E-state index contributed by atoms with van der Waals surface area (Å²) >= 11 is 0. The maximum atomic E-state index is 9.74. The van der Waals surface area contributed by atoms with Gasteiger partial charge in [0.2, 0.25) is 0 Å². The molecule has 0 saturated heterocycles. The zero-order valence-corrected chi connectivity index (χ0v) is 8.52. The van der Waals surface area contributed by atoms with Crippen LogP contribution in [0.5, 0.6) is 0 Å². The Bertz CT molecular complexity index is 29.3. The van der Waals surface area contributed by atoms with Crippen LogP contribution in [0.2, 0.25) is 0 Å². The van der Waals surface area contributed by atoms with Gasteiger partial charge >= 0.3 is 51.4 Å². The van der Waals surface area contributed by atoms with Gasteiger partial charge in [-0.25, -0.2) is 0 Å². The second kappa shape index (κ2) is 7.60. The third kappa shape index (κ3) is 11.3. The monoisotopic (exact) mass is 126 g/mol. The fraction of sp³-hybridized carbons (Fsp3) is 1.00. The molecule has 0 amide bonds. The van der Waals surface area contributed by atoms with Crippen LogP contribution in [0.25, 0.3) is 0 Å². The predicted octanol–water partition coefficient (Wildman–Crippen LogP) is -2.60. The summed E-state index contributed by atoms with van der Waals surface area (Å²) in [6, 6.07) is 0. The van der Waals surface area contributed by atoms with Gasteiger partial charge in [-0.2, -0.15) is 0 Å². The van der Waals surface area contributed by atoms with Crippen molar-refractivity contribution >= 4 is 0 Å². The third-order valence-electron chi connectivity index (χ3n) is 0.695. The molecule has 0 aromatic rings. The number of rotatable bonds is 2. The Morgan fingerprint density at radius 3 is 1.86 bits per heavy atom. The van der Waals surface area contributed by atoms with Crippen LogP contribution in [0.15, 0.2) is 0 Å². The Morgan fingerprint density at radius 2 is 1.86 bits per heavy atom. The van der Waals surface area contributed by atoms with Crippen molar-refractivity contribution in [1.29, 1.82) is 0 Å². The van der Waals surface area contributed by atoms with Gasteiger partial charge in [0.25, 0.3) is 0 Å². The largest absolute Gasteiger partial charge is 1.00 e. The third-order valence-corrected chi connectivity index (χ3v) is 0.695. The van der Waals surface area contributed by atoms with E-state index in [0.717, 1.165) is 6.42 Å². The predicted molar refractivity (Wildman–Crippen MR) is 24.3 cm³/mol. The van der Waals surface area contributed by atoms with E-state index in [1.165, 1.54) is 0 Å². The van der Waals surface area contributed by atoms with Crippen molar-refractivity contribution in [1.82, 2.24) is 0 Å². The molecular formula is C5H11KO. The van der Waals surface area contributed by atoms with Gasteiger partial charge in [-0.15, -0.1) is 6.61 Å². The Kier molecular flexibility index (Phi) is 12.4. The van der Waals surface area contributed by atoms with Crippen molar-refractivity contribution in [3.63, 3.8) is 0 Å². The summed E-state index contributed by atoms with van der Waals surface area (Å²) in [5, 5.41) is 9.74. The summed E-state index contributed by atoms with van der Waals surface area (Å²) in [7, 11) is 0. The van der Waals surface area contributed by atoms with E-state index in [9.17, 15) is 5.11 Å². The molecule has 0 aliphatic rings. The summed E-state index contributed by atoms with van der Waals surface area (Å²) < 4.78 is 0. The number of hydrogen-bond donors (Lipinski definition) is 0. The molecule has 0 rings (SSSR count). The standard InChI is InChI=1S/C5H11O.K/c1-5(2)3-4-6;/h5H,3-4H2,1-2H3;/q-1;+1. The minimum Gasteiger partial charge on any atom is -0.854 e. The normalized spacial score (nSPS) is 8.57. The molecule has 2 heteroatoms. The average molecular weight is 126 g/mol. The first kappa shape index (κ1) is 11.4. The summed E-state index contributed by atoms with van der Waals surface area (Å²) in [4.78, 5) is 0. The molecule has 0 aromatic heterocycles. The summed E-state index contributed by atoms with van der Waals surface area (Å²) in [6.07, 6.45) is 0.819. The van der Waals surface area contributed by atoms with Crippen molar-refractivity contribution < 1.29 is 56.5 Å². The van der Waals surface area contributed by atoms with E-state index in [-0.39, 0.29) is 58.0 Å². The van der Waals surface area contributed by atoms with Crippen LogP contribution >= 0.6 is 0 Å². The van der Waals surface area contributed by atoms with Crippen LogP contribution in [-0.4, -0.2) is 6.61 Å². The van der Waals surface area contributed by atoms with Gasteiger partial charge in [0.1, 0.15) is 0 Å². The van der Waals surface area contributed by atoms with Crippen LogP contribution in [-0.2, 0) is 0 Å². The molecule has 0 radical (unpaired) electrons. The second-order valence-corrected chi connectivity index (χ2v) is 1.89. The molecule has 0 N–H and O–H groups in total. The van der Waals surface area contributed by atoms with E-state index in [1.54, 1.807) is 0 Å². The van der Waals surface area contributed by atoms with Crippen molar-refractivity contribution in [2.24, 2.45) is 5.92 Å². The molecule has 0 spiro atoms. The van der Waals surface area contributed by atoms with Crippen LogP contribution < -0.4 is 56.5 Å². The van der Waals surface area contributed by atoms with E-state index >= 15 is 0 Å². The Hall–Kier alpha value is 1.60. The topological polar surface area (TPSA) is 23.1 Å². The maximum Gasteiger partial charge on any atom is 1.00 e. The summed E-state index contributed by atoms with van der Waals surface area (Å²) in [5.74, 6) is 0.586. The van der Waals surface area contributed by atoms with Gasteiger partial charge in [-0.05, 0) is 5.92 Å². The fourth-order valence-electron chi connectivity index (χ4n) is 0.236. The Balaban J connectivity index is 0. The zero-order chi connectivity index (χ0) is 4.99. The van der Waals surface area contributed by atoms with E-state index < -0.39 is 0 Å². The first-order valence-electron chi connectivity index (χ1n) is 2.35. The molecule has 0 aliphatic carbocycles. The van der Waals surface area contributed by atoms with Crippen molar-refractivity contribution in [2.75, 3.05) is 6.61 Å². The molecule has 7 heavy (non-hydrogen) atoms. The smallest absolute Gasteiger partial charge is 0.854 e. The van der Waals surface area contributed by atoms with E-state index in [4.69, 9.17) is 0 Å². The SMILES string of the molecule is CC(C)CC[O-].[K+].